The summed E-state index contributed by atoms with van der Waals surface area (Å²) in [7, 11) is 0. The summed E-state index contributed by atoms with van der Waals surface area (Å²) in [6.45, 7) is 1.77. The molecule has 0 aliphatic heterocycles. The van der Waals surface area contributed by atoms with Crippen LogP contribution < -0.4 is 5.32 Å². The second-order valence-electron chi connectivity index (χ2n) is 5.67. The van der Waals surface area contributed by atoms with Crippen molar-refractivity contribution in [2.75, 3.05) is 6.61 Å². The maximum absolute atomic E-state index is 12.5. The first-order valence-corrected chi connectivity index (χ1v) is 7.72. The molecule has 1 aromatic rings. The summed E-state index contributed by atoms with van der Waals surface area (Å²) in [4.78, 5) is 12.5. The Hall–Kier alpha value is -1.79. The van der Waals surface area contributed by atoms with Crippen molar-refractivity contribution in [1.82, 2.24) is 5.32 Å². The lowest BCUT2D eigenvalue weighted by Gasteiger charge is -2.17. The van der Waals surface area contributed by atoms with Gasteiger partial charge in [0, 0.05) is 11.6 Å². The minimum absolute atomic E-state index is 0.0483. The van der Waals surface area contributed by atoms with E-state index in [0.29, 0.717) is 11.1 Å². The van der Waals surface area contributed by atoms with Gasteiger partial charge in [-0.25, -0.2) is 0 Å². The largest absolute Gasteiger partial charge is 0.384 e. The van der Waals surface area contributed by atoms with Crippen molar-refractivity contribution < 1.29 is 9.90 Å². The molecule has 0 aromatic heterocycles. The molecule has 0 radical (unpaired) electrons. The van der Waals surface area contributed by atoms with Gasteiger partial charge in [-0.1, -0.05) is 49.2 Å². The third-order valence-electron chi connectivity index (χ3n) is 3.91. The van der Waals surface area contributed by atoms with Crippen molar-refractivity contribution in [1.29, 1.82) is 0 Å². The van der Waals surface area contributed by atoms with E-state index in [9.17, 15) is 4.79 Å². The number of rotatable bonds is 2. The zero-order chi connectivity index (χ0) is 15.1. The lowest BCUT2D eigenvalue weighted by molar-refractivity contribution is 0.0933. The summed E-state index contributed by atoms with van der Waals surface area (Å²) in [6, 6.07) is 5.93. The number of aryl methyl sites for hydroxylation is 1. The maximum Gasteiger partial charge on any atom is 0.252 e. The molecule has 21 heavy (non-hydrogen) atoms. The summed E-state index contributed by atoms with van der Waals surface area (Å²) in [5.41, 5.74) is 2.33. The lowest BCUT2D eigenvalue weighted by Crippen LogP contribution is -2.34. The predicted octanol–water partition coefficient (Wildman–Crippen LogP) is 2.79. The molecule has 1 fully saturated rings. The molecule has 0 saturated heterocycles. The molecule has 1 saturated carbocycles. The molecule has 0 heterocycles. The molecule has 0 spiro atoms. The number of carbonyl (C=O) groups is 1. The van der Waals surface area contributed by atoms with Crippen LogP contribution in [0.1, 0.15) is 60.0 Å². The highest BCUT2D eigenvalue weighted by atomic mass is 16.2. The van der Waals surface area contributed by atoms with Gasteiger partial charge in [0.2, 0.25) is 0 Å². The van der Waals surface area contributed by atoms with Crippen molar-refractivity contribution in [3.8, 4) is 11.8 Å². The highest BCUT2D eigenvalue weighted by molar-refractivity contribution is 5.97. The van der Waals surface area contributed by atoms with Crippen LogP contribution in [0.5, 0.6) is 0 Å². The van der Waals surface area contributed by atoms with Crippen LogP contribution in [0, 0.1) is 18.8 Å². The zero-order valence-corrected chi connectivity index (χ0v) is 12.6. The smallest absolute Gasteiger partial charge is 0.252 e. The van der Waals surface area contributed by atoms with Gasteiger partial charge in [0.15, 0.2) is 0 Å². The zero-order valence-electron chi connectivity index (χ0n) is 12.6. The predicted molar refractivity (Wildman–Crippen MR) is 84.1 cm³/mol. The van der Waals surface area contributed by atoms with Crippen LogP contribution in [0.2, 0.25) is 0 Å². The first-order chi connectivity index (χ1) is 10.2. The topological polar surface area (TPSA) is 49.3 Å². The average molecular weight is 285 g/mol. The van der Waals surface area contributed by atoms with Gasteiger partial charge in [-0.2, -0.15) is 0 Å². The average Bonchev–Trinajstić information content (AvgIpc) is 2.74. The van der Waals surface area contributed by atoms with Gasteiger partial charge in [-0.05, 0) is 31.9 Å². The van der Waals surface area contributed by atoms with E-state index in [1.54, 1.807) is 0 Å². The van der Waals surface area contributed by atoms with Crippen molar-refractivity contribution in [3.63, 3.8) is 0 Å². The van der Waals surface area contributed by atoms with E-state index in [-0.39, 0.29) is 18.6 Å². The Morgan fingerprint density at radius 1 is 1.29 bits per heavy atom. The first kappa shape index (κ1) is 15.6. The van der Waals surface area contributed by atoms with Crippen LogP contribution >= 0.6 is 0 Å². The summed E-state index contributed by atoms with van der Waals surface area (Å²) in [5, 5.41) is 12.0. The highest BCUT2D eigenvalue weighted by Gasteiger charge is 2.17. The van der Waals surface area contributed by atoms with Crippen molar-refractivity contribution in [2.24, 2.45) is 0 Å². The highest BCUT2D eigenvalue weighted by Crippen LogP contribution is 2.18. The molecule has 3 nitrogen and oxygen atoms in total. The Morgan fingerprint density at radius 3 is 2.67 bits per heavy atom. The van der Waals surface area contributed by atoms with E-state index in [2.05, 4.69) is 17.2 Å². The lowest BCUT2D eigenvalue weighted by atomic mass is 10.0. The number of aliphatic hydroxyl groups excluding tert-OH is 1. The van der Waals surface area contributed by atoms with E-state index in [0.717, 1.165) is 18.4 Å². The van der Waals surface area contributed by atoms with Crippen LogP contribution in [0.15, 0.2) is 18.2 Å². The van der Waals surface area contributed by atoms with E-state index in [4.69, 9.17) is 5.11 Å². The Kier molecular flexibility index (Phi) is 5.83. The molecule has 0 bridgehead atoms. The second-order valence-corrected chi connectivity index (χ2v) is 5.67. The molecule has 3 heteroatoms. The van der Waals surface area contributed by atoms with Crippen molar-refractivity contribution in [2.45, 2.75) is 51.5 Å². The van der Waals surface area contributed by atoms with E-state index in [1.165, 1.54) is 25.7 Å². The maximum atomic E-state index is 12.5. The van der Waals surface area contributed by atoms with Gasteiger partial charge in [-0.3, -0.25) is 4.79 Å². The third kappa shape index (κ3) is 4.61. The minimum Gasteiger partial charge on any atom is -0.384 e. The Balaban J connectivity index is 2.15. The van der Waals surface area contributed by atoms with Crippen molar-refractivity contribution >= 4 is 5.91 Å². The second kappa shape index (κ2) is 7.85. The monoisotopic (exact) mass is 285 g/mol. The van der Waals surface area contributed by atoms with E-state index in [1.807, 2.05) is 25.1 Å². The molecule has 1 amide bonds. The van der Waals surface area contributed by atoms with Gasteiger partial charge >= 0.3 is 0 Å². The summed E-state index contributed by atoms with van der Waals surface area (Å²) < 4.78 is 0. The van der Waals surface area contributed by atoms with Crippen LogP contribution in [0.25, 0.3) is 0 Å². The van der Waals surface area contributed by atoms with Crippen LogP contribution in [0.4, 0.5) is 0 Å². The first-order valence-electron chi connectivity index (χ1n) is 7.72. The molecule has 112 valence electrons. The number of nitrogens with one attached hydrogen (secondary N) is 1. The molecule has 2 N–H and O–H groups in total. The molecule has 0 unspecified atom stereocenters. The fraction of sp³-hybridized carbons (Fsp3) is 0.500. The molecular formula is C18H23NO2. The number of aliphatic hydroxyl groups is 1. The van der Waals surface area contributed by atoms with Gasteiger partial charge in [0.05, 0.1) is 5.56 Å². The quantitative estimate of drug-likeness (QED) is 0.648. The fourth-order valence-corrected chi connectivity index (χ4v) is 2.78. The molecular weight excluding hydrogens is 262 g/mol. The number of amides is 1. The van der Waals surface area contributed by atoms with Crippen LogP contribution in [-0.2, 0) is 0 Å². The van der Waals surface area contributed by atoms with E-state index < -0.39 is 0 Å². The Labute approximate surface area is 126 Å². The third-order valence-corrected chi connectivity index (χ3v) is 3.91. The Bertz CT molecular complexity index is 546. The number of hydrogen-bond donors (Lipinski definition) is 2. The minimum atomic E-state index is -0.197. The van der Waals surface area contributed by atoms with Gasteiger partial charge in [0.1, 0.15) is 6.61 Å². The molecule has 1 aromatic carbocycles. The van der Waals surface area contributed by atoms with E-state index >= 15 is 0 Å². The summed E-state index contributed by atoms with van der Waals surface area (Å²) in [6.07, 6.45) is 7.05. The normalized spacial score (nSPS) is 15.7. The number of hydrogen-bond acceptors (Lipinski definition) is 2. The molecule has 0 atom stereocenters. The molecule has 1 aliphatic rings. The van der Waals surface area contributed by atoms with Crippen molar-refractivity contribution in [3.05, 3.63) is 34.9 Å². The van der Waals surface area contributed by atoms with Crippen LogP contribution in [0.3, 0.4) is 0 Å². The summed E-state index contributed by atoms with van der Waals surface area (Å²) >= 11 is 0. The van der Waals surface area contributed by atoms with Gasteiger partial charge in [0.25, 0.3) is 5.91 Å². The fourth-order valence-electron chi connectivity index (χ4n) is 2.78. The number of carbonyl (C=O) groups excluding carboxylic acids is 1. The molecule has 1 aliphatic carbocycles. The summed E-state index contributed by atoms with van der Waals surface area (Å²) in [5.74, 6) is 5.43. The molecule has 2 rings (SSSR count). The Morgan fingerprint density at radius 2 is 2.00 bits per heavy atom. The standard InChI is InChI=1S/C18H23NO2/c1-14-10-11-15(7-6-12-20)17(13-14)18(21)19-16-8-4-2-3-5-9-16/h10-11,13,16,20H,2-5,8-9,12H2,1H3,(H,19,21). The SMILES string of the molecule is Cc1ccc(C#CCO)c(C(=O)NC2CCCCCC2)c1. The van der Waals surface area contributed by atoms with Crippen LogP contribution in [-0.4, -0.2) is 23.7 Å². The number of benzene rings is 1. The van der Waals surface area contributed by atoms with Gasteiger partial charge < -0.3 is 10.4 Å². The van der Waals surface area contributed by atoms with Gasteiger partial charge in [-0.15, -0.1) is 0 Å².